The summed E-state index contributed by atoms with van der Waals surface area (Å²) in [5.74, 6) is 0. The summed E-state index contributed by atoms with van der Waals surface area (Å²) in [6.07, 6.45) is 0.727. The minimum absolute atomic E-state index is 0.170. The number of ether oxygens (including phenoxy) is 3. The number of carbonyl (C=O) groups excluding carboxylic acids is 1. The van der Waals surface area contributed by atoms with Crippen LogP contribution < -0.4 is 10.6 Å². The number of amides is 2. The molecule has 0 spiro atoms. The number of nitrogens with one attached hydrogen (secondary N) is 2. The third-order valence-corrected chi connectivity index (χ3v) is 4.63. The molecule has 1 aromatic rings. The largest absolute Gasteiger partial charge is 0.388 e. The lowest BCUT2D eigenvalue weighted by molar-refractivity contribution is 0.0336. The molecule has 3 heterocycles. The topological polar surface area (TPSA) is 123 Å². The molecule has 11 heteroatoms. The Morgan fingerprint density at radius 2 is 2.26 bits per heavy atom. The van der Waals surface area contributed by atoms with Crippen LogP contribution in [0, 0.1) is 0 Å². The van der Waals surface area contributed by atoms with Gasteiger partial charge in [-0.3, -0.25) is 4.90 Å². The molecule has 27 heavy (non-hydrogen) atoms. The van der Waals surface area contributed by atoms with Crippen molar-refractivity contribution < 1.29 is 24.1 Å². The maximum Gasteiger partial charge on any atom is 0.315 e. The van der Waals surface area contributed by atoms with Gasteiger partial charge >= 0.3 is 6.03 Å². The predicted molar refractivity (Wildman–Crippen MR) is 94.1 cm³/mol. The summed E-state index contributed by atoms with van der Waals surface area (Å²) in [7, 11) is 1.57. The molecule has 3 atom stereocenters. The van der Waals surface area contributed by atoms with Crippen molar-refractivity contribution in [1.82, 2.24) is 30.5 Å². The lowest BCUT2D eigenvalue weighted by Gasteiger charge is -2.25. The first-order chi connectivity index (χ1) is 13.2. The van der Waals surface area contributed by atoms with Crippen LogP contribution in [0.5, 0.6) is 0 Å². The smallest absolute Gasteiger partial charge is 0.315 e. The number of aromatic nitrogens is 3. The van der Waals surface area contributed by atoms with E-state index < -0.39 is 12.1 Å². The van der Waals surface area contributed by atoms with E-state index in [4.69, 9.17) is 14.2 Å². The molecular formula is C16H28N6O5. The van der Waals surface area contributed by atoms with E-state index in [0.29, 0.717) is 19.7 Å². The molecule has 3 rings (SSSR count). The lowest BCUT2D eigenvalue weighted by atomic mass is 10.1. The van der Waals surface area contributed by atoms with Gasteiger partial charge in [-0.15, -0.1) is 5.10 Å². The van der Waals surface area contributed by atoms with E-state index in [1.54, 1.807) is 11.8 Å². The second-order valence-electron chi connectivity index (χ2n) is 6.68. The maximum atomic E-state index is 11.9. The molecule has 2 fully saturated rings. The number of hydrogen-bond acceptors (Lipinski definition) is 8. The average molecular weight is 384 g/mol. The third kappa shape index (κ3) is 5.84. The van der Waals surface area contributed by atoms with Gasteiger partial charge in [0.1, 0.15) is 12.2 Å². The minimum atomic E-state index is -0.764. The Bertz CT molecular complexity index is 594. The van der Waals surface area contributed by atoms with Gasteiger partial charge in [0.05, 0.1) is 44.7 Å². The number of aliphatic hydroxyl groups excluding tert-OH is 1. The first kappa shape index (κ1) is 20.0. The molecular weight excluding hydrogens is 356 g/mol. The summed E-state index contributed by atoms with van der Waals surface area (Å²) >= 11 is 0. The van der Waals surface area contributed by atoms with Crippen molar-refractivity contribution >= 4 is 6.03 Å². The van der Waals surface area contributed by atoms with Gasteiger partial charge in [0.2, 0.25) is 0 Å². The number of nitrogens with zero attached hydrogens (tertiary/aromatic N) is 4. The maximum absolute atomic E-state index is 11.9. The monoisotopic (exact) mass is 384 g/mol. The molecule has 2 aliphatic rings. The Morgan fingerprint density at radius 3 is 3.04 bits per heavy atom. The zero-order chi connectivity index (χ0) is 19.1. The van der Waals surface area contributed by atoms with Gasteiger partial charge < -0.3 is 30.0 Å². The molecule has 0 aromatic carbocycles. The van der Waals surface area contributed by atoms with Gasteiger partial charge in [-0.25, -0.2) is 9.48 Å². The number of urea groups is 1. The Balaban J connectivity index is 1.50. The van der Waals surface area contributed by atoms with Crippen molar-refractivity contribution in [3.8, 4) is 0 Å². The van der Waals surface area contributed by atoms with E-state index in [1.807, 2.05) is 6.20 Å². The fourth-order valence-corrected chi connectivity index (χ4v) is 3.17. The van der Waals surface area contributed by atoms with E-state index in [0.717, 1.165) is 38.5 Å². The van der Waals surface area contributed by atoms with Crippen molar-refractivity contribution in [2.45, 2.75) is 31.3 Å². The third-order valence-electron chi connectivity index (χ3n) is 4.63. The summed E-state index contributed by atoms with van der Waals surface area (Å²) in [5.41, 5.74) is 0.872. The highest BCUT2D eigenvalue weighted by molar-refractivity contribution is 5.74. The van der Waals surface area contributed by atoms with Crippen molar-refractivity contribution in [3.63, 3.8) is 0 Å². The van der Waals surface area contributed by atoms with Crippen LogP contribution in [0.25, 0.3) is 0 Å². The van der Waals surface area contributed by atoms with Crippen LogP contribution in [-0.4, -0.2) is 102 Å². The molecule has 3 N–H and O–H groups in total. The second kappa shape index (κ2) is 9.95. The van der Waals surface area contributed by atoms with Crippen molar-refractivity contribution in [3.05, 3.63) is 11.9 Å². The Kier molecular flexibility index (Phi) is 7.35. The zero-order valence-corrected chi connectivity index (χ0v) is 15.5. The molecule has 0 saturated carbocycles. The number of morpholine rings is 1. The van der Waals surface area contributed by atoms with Crippen molar-refractivity contribution in [1.29, 1.82) is 0 Å². The highest BCUT2D eigenvalue weighted by atomic mass is 16.5. The highest BCUT2D eigenvalue weighted by Gasteiger charge is 2.37. The quantitative estimate of drug-likeness (QED) is 0.448. The van der Waals surface area contributed by atoms with E-state index in [-0.39, 0.29) is 18.7 Å². The average Bonchev–Trinajstić information content (AvgIpc) is 3.24. The number of aliphatic hydroxyl groups is 1. The van der Waals surface area contributed by atoms with Gasteiger partial charge in [0.25, 0.3) is 0 Å². The van der Waals surface area contributed by atoms with Gasteiger partial charge in [-0.1, -0.05) is 5.21 Å². The Hall–Kier alpha value is -1.79. The first-order valence-electron chi connectivity index (χ1n) is 9.18. The molecule has 0 aliphatic carbocycles. The van der Waals surface area contributed by atoms with Crippen molar-refractivity contribution in [2.24, 2.45) is 0 Å². The predicted octanol–water partition coefficient (Wildman–Crippen LogP) is -1.82. The highest BCUT2D eigenvalue weighted by Crippen LogP contribution is 2.16. The molecule has 1 aromatic heterocycles. The Morgan fingerprint density at radius 1 is 1.44 bits per heavy atom. The second-order valence-corrected chi connectivity index (χ2v) is 6.68. The number of hydrogen-bond donors (Lipinski definition) is 3. The van der Waals surface area contributed by atoms with Gasteiger partial charge in [-0.2, -0.15) is 0 Å². The number of rotatable bonds is 8. The molecule has 0 unspecified atom stereocenters. The van der Waals surface area contributed by atoms with Crippen molar-refractivity contribution in [2.75, 3.05) is 53.2 Å². The van der Waals surface area contributed by atoms with Crippen LogP contribution in [0.2, 0.25) is 0 Å². The summed E-state index contributed by atoms with van der Waals surface area (Å²) in [6, 6.07) is -0.877. The minimum Gasteiger partial charge on any atom is -0.388 e. The van der Waals surface area contributed by atoms with E-state index in [9.17, 15) is 9.90 Å². The normalized spacial score (nSPS) is 26.2. The molecule has 11 nitrogen and oxygen atoms in total. The summed E-state index contributed by atoms with van der Waals surface area (Å²) < 4.78 is 17.6. The number of methoxy groups -OCH3 is 1. The molecule has 2 amide bonds. The SMILES string of the molecule is COCCNC(=O)N[C@@H]1[C@@H](O)CO[C@@H]1Cn1cc(CN2CCOCC2)nn1. The molecule has 0 bridgehead atoms. The molecule has 2 aliphatic heterocycles. The lowest BCUT2D eigenvalue weighted by Crippen LogP contribution is -2.51. The fraction of sp³-hybridized carbons (Fsp3) is 0.812. The van der Waals surface area contributed by atoms with Gasteiger partial charge in [-0.05, 0) is 0 Å². The van der Waals surface area contributed by atoms with Crippen LogP contribution in [0.15, 0.2) is 6.20 Å². The van der Waals surface area contributed by atoms with E-state index in [1.165, 1.54) is 0 Å². The standard InChI is InChI=1S/C16H28N6O5/c1-25-5-2-17-16(24)18-15-13(23)11-27-14(15)10-22-9-12(19-20-22)8-21-3-6-26-7-4-21/h9,13-15,23H,2-8,10-11H2,1H3,(H2,17,18,24)/t13-,14+,15+/m0/s1. The van der Waals surface area contributed by atoms with Crippen LogP contribution in [0.3, 0.4) is 0 Å². The zero-order valence-electron chi connectivity index (χ0n) is 15.5. The van der Waals surface area contributed by atoms with Crippen LogP contribution >= 0.6 is 0 Å². The summed E-state index contributed by atoms with van der Waals surface area (Å²) in [6.45, 7) is 5.35. The molecule has 152 valence electrons. The van der Waals surface area contributed by atoms with E-state index >= 15 is 0 Å². The van der Waals surface area contributed by atoms with Crippen LogP contribution in [0.1, 0.15) is 5.69 Å². The van der Waals surface area contributed by atoms with Crippen LogP contribution in [-0.2, 0) is 27.3 Å². The molecule has 2 saturated heterocycles. The Labute approximate surface area is 157 Å². The molecule has 0 radical (unpaired) electrons. The first-order valence-corrected chi connectivity index (χ1v) is 9.18. The van der Waals surface area contributed by atoms with Gasteiger partial charge in [0, 0.05) is 39.5 Å². The van der Waals surface area contributed by atoms with Gasteiger partial charge in [0.15, 0.2) is 0 Å². The van der Waals surface area contributed by atoms with Crippen LogP contribution in [0.4, 0.5) is 4.79 Å². The summed E-state index contributed by atoms with van der Waals surface area (Å²) in [4.78, 5) is 14.2. The van der Waals surface area contributed by atoms with E-state index in [2.05, 4.69) is 25.8 Å². The number of carbonyl (C=O) groups is 1. The summed E-state index contributed by atoms with van der Waals surface area (Å²) in [5, 5.41) is 23.9. The fourth-order valence-electron chi connectivity index (χ4n) is 3.17.